The fourth-order valence-corrected chi connectivity index (χ4v) is 3.83. The van der Waals surface area contributed by atoms with Gasteiger partial charge in [-0.2, -0.15) is 0 Å². The largest absolute Gasteiger partial charge is 0.362 e. The summed E-state index contributed by atoms with van der Waals surface area (Å²) in [6.45, 7) is 0.530. The number of carbonyl (C=O) groups excluding carboxylic acids is 3. The summed E-state index contributed by atoms with van der Waals surface area (Å²) in [5.74, 6) is -0.256. The number of benzene rings is 1. The first-order chi connectivity index (χ1) is 12.5. The number of carbonyl (C=O) groups is 3. The lowest BCUT2D eigenvalue weighted by molar-refractivity contribution is -0.136. The molecule has 2 fully saturated rings. The molecule has 1 aromatic rings. The minimum Gasteiger partial charge on any atom is -0.362 e. The third-order valence-electron chi connectivity index (χ3n) is 5.63. The summed E-state index contributed by atoms with van der Waals surface area (Å²) in [7, 11) is 0. The summed E-state index contributed by atoms with van der Waals surface area (Å²) in [6.07, 6.45) is 4.58. The van der Waals surface area contributed by atoms with E-state index in [9.17, 15) is 14.4 Å². The highest BCUT2D eigenvalue weighted by Crippen LogP contribution is 2.31. The first kappa shape index (κ1) is 16.9. The second-order valence-corrected chi connectivity index (χ2v) is 7.47. The van der Waals surface area contributed by atoms with Gasteiger partial charge in [-0.15, -0.1) is 0 Å². The van der Waals surface area contributed by atoms with Gasteiger partial charge in [-0.25, -0.2) is 0 Å². The van der Waals surface area contributed by atoms with Crippen molar-refractivity contribution in [2.45, 2.75) is 50.2 Å². The summed E-state index contributed by atoms with van der Waals surface area (Å²) >= 11 is 0. The van der Waals surface area contributed by atoms with E-state index in [0.717, 1.165) is 24.9 Å². The van der Waals surface area contributed by atoms with Crippen molar-refractivity contribution < 1.29 is 14.4 Å². The van der Waals surface area contributed by atoms with Gasteiger partial charge in [0, 0.05) is 31.1 Å². The molecule has 2 heterocycles. The van der Waals surface area contributed by atoms with E-state index in [2.05, 4.69) is 16.0 Å². The molecule has 1 atom stereocenters. The molecule has 138 valence electrons. The quantitative estimate of drug-likeness (QED) is 0.760. The van der Waals surface area contributed by atoms with Crippen LogP contribution >= 0.6 is 0 Å². The molecule has 0 unspecified atom stereocenters. The van der Waals surface area contributed by atoms with Crippen LogP contribution in [0.25, 0.3) is 0 Å². The number of hydrogen-bond acceptors (Lipinski definition) is 4. The van der Waals surface area contributed by atoms with Crippen LogP contribution < -0.4 is 16.0 Å². The standard InChI is InChI=1S/C19H24N4O3/c24-16(20-13-4-3-5-13)12-23-11-10-19(9-8-17(23)25)21-15-7-2-1-6-14(15)18(26)22-19/h1-2,6-7,13,21H,3-5,8-12H2,(H,20,24)(H,22,26)/t19-/m1/s1. The van der Waals surface area contributed by atoms with Crippen molar-refractivity contribution in [2.75, 3.05) is 18.4 Å². The predicted octanol–water partition coefficient (Wildman–Crippen LogP) is 1.22. The molecule has 1 aliphatic carbocycles. The van der Waals surface area contributed by atoms with E-state index in [-0.39, 0.29) is 30.3 Å². The van der Waals surface area contributed by atoms with Crippen LogP contribution in [-0.2, 0) is 9.59 Å². The van der Waals surface area contributed by atoms with Crippen LogP contribution in [0.5, 0.6) is 0 Å². The van der Waals surface area contributed by atoms with Crippen LogP contribution in [0.2, 0.25) is 0 Å². The van der Waals surface area contributed by atoms with Crippen molar-refractivity contribution in [3.63, 3.8) is 0 Å². The van der Waals surface area contributed by atoms with Crippen molar-refractivity contribution in [1.82, 2.24) is 15.5 Å². The molecule has 7 nitrogen and oxygen atoms in total. The summed E-state index contributed by atoms with van der Waals surface area (Å²) in [5.41, 5.74) is 0.769. The van der Waals surface area contributed by atoms with Gasteiger partial charge in [0.1, 0.15) is 5.66 Å². The van der Waals surface area contributed by atoms with Crippen LogP contribution in [0.15, 0.2) is 24.3 Å². The number of para-hydroxylation sites is 1. The van der Waals surface area contributed by atoms with E-state index in [1.54, 1.807) is 11.0 Å². The molecular formula is C19H24N4O3. The van der Waals surface area contributed by atoms with Crippen molar-refractivity contribution >= 4 is 23.4 Å². The molecule has 1 aromatic carbocycles. The maximum atomic E-state index is 12.5. The van der Waals surface area contributed by atoms with Crippen LogP contribution in [-0.4, -0.2) is 47.4 Å². The molecule has 0 aromatic heterocycles. The Kier molecular flexibility index (Phi) is 4.30. The summed E-state index contributed by atoms with van der Waals surface area (Å²) in [4.78, 5) is 38.7. The zero-order valence-electron chi connectivity index (χ0n) is 14.7. The van der Waals surface area contributed by atoms with Gasteiger partial charge in [0.05, 0.1) is 12.1 Å². The Morgan fingerprint density at radius 2 is 2.00 bits per heavy atom. The molecular weight excluding hydrogens is 332 g/mol. The van der Waals surface area contributed by atoms with E-state index in [4.69, 9.17) is 0 Å². The fraction of sp³-hybridized carbons (Fsp3) is 0.526. The number of amides is 3. The van der Waals surface area contributed by atoms with Crippen molar-refractivity contribution in [3.05, 3.63) is 29.8 Å². The molecule has 1 spiro atoms. The molecule has 7 heteroatoms. The van der Waals surface area contributed by atoms with Gasteiger partial charge in [-0.3, -0.25) is 14.4 Å². The van der Waals surface area contributed by atoms with Crippen LogP contribution in [0.1, 0.15) is 48.9 Å². The molecule has 3 N–H and O–H groups in total. The van der Waals surface area contributed by atoms with Crippen molar-refractivity contribution in [3.8, 4) is 0 Å². The lowest BCUT2D eigenvalue weighted by atomic mass is 9.93. The molecule has 2 aliphatic heterocycles. The average Bonchev–Trinajstić information content (AvgIpc) is 2.73. The van der Waals surface area contributed by atoms with E-state index >= 15 is 0 Å². The van der Waals surface area contributed by atoms with E-state index in [1.165, 1.54) is 0 Å². The minimum absolute atomic E-state index is 0.0412. The number of hydrogen-bond donors (Lipinski definition) is 3. The SMILES string of the molecule is O=C(CN1CC[C@@]2(CCC1=O)NC(=O)c1ccccc1N2)NC1CCC1. The first-order valence-electron chi connectivity index (χ1n) is 9.32. The van der Waals surface area contributed by atoms with Gasteiger partial charge in [0.15, 0.2) is 0 Å². The van der Waals surface area contributed by atoms with Gasteiger partial charge >= 0.3 is 0 Å². The minimum atomic E-state index is -0.639. The number of fused-ring (bicyclic) bond motifs is 1. The maximum Gasteiger partial charge on any atom is 0.255 e. The molecule has 1 saturated carbocycles. The maximum absolute atomic E-state index is 12.5. The van der Waals surface area contributed by atoms with Crippen LogP contribution in [0.4, 0.5) is 5.69 Å². The third kappa shape index (κ3) is 3.25. The third-order valence-corrected chi connectivity index (χ3v) is 5.63. The molecule has 26 heavy (non-hydrogen) atoms. The Labute approximate surface area is 152 Å². The highest BCUT2D eigenvalue weighted by atomic mass is 16.2. The van der Waals surface area contributed by atoms with Gasteiger partial charge < -0.3 is 20.9 Å². The number of nitrogens with zero attached hydrogens (tertiary/aromatic N) is 1. The first-order valence-corrected chi connectivity index (χ1v) is 9.32. The molecule has 1 saturated heterocycles. The van der Waals surface area contributed by atoms with Crippen molar-refractivity contribution in [1.29, 1.82) is 0 Å². The number of likely N-dealkylation sites (tertiary alicyclic amines) is 1. The summed E-state index contributed by atoms with van der Waals surface area (Å²) < 4.78 is 0. The fourth-order valence-electron chi connectivity index (χ4n) is 3.83. The Balaban J connectivity index is 1.43. The van der Waals surface area contributed by atoms with Crippen LogP contribution in [0.3, 0.4) is 0 Å². The second kappa shape index (κ2) is 6.63. The van der Waals surface area contributed by atoms with E-state index in [1.807, 2.05) is 18.2 Å². The lowest BCUT2D eigenvalue weighted by Gasteiger charge is -2.39. The molecule has 0 radical (unpaired) electrons. The highest BCUT2D eigenvalue weighted by Gasteiger charge is 2.40. The van der Waals surface area contributed by atoms with Gasteiger partial charge in [-0.05, 0) is 37.8 Å². The smallest absolute Gasteiger partial charge is 0.255 e. The molecule has 4 rings (SSSR count). The summed E-state index contributed by atoms with van der Waals surface area (Å²) in [6, 6.07) is 7.65. The second-order valence-electron chi connectivity index (χ2n) is 7.47. The highest BCUT2D eigenvalue weighted by molar-refractivity contribution is 6.02. The molecule has 0 bridgehead atoms. The lowest BCUT2D eigenvalue weighted by Crippen LogP contribution is -2.58. The van der Waals surface area contributed by atoms with Crippen LogP contribution in [0, 0.1) is 0 Å². The predicted molar refractivity (Wildman–Crippen MR) is 96.5 cm³/mol. The number of rotatable bonds is 3. The number of nitrogens with one attached hydrogen (secondary N) is 3. The zero-order chi connectivity index (χ0) is 18.1. The number of anilines is 1. The topological polar surface area (TPSA) is 90.5 Å². The molecule has 3 aliphatic rings. The van der Waals surface area contributed by atoms with Gasteiger partial charge in [-0.1, -0.05) is 12.1 Å². The Morgan fingerprint density at radius 1 is 1.19 bits per heavy atom. The summed E-state index contributed by atoms with van der Waals surface area (Å²) in [5, 5.41) is 9.44. The Hall–Kier alpha value is -2.57. The van der Waals surface area contributed by atoms with Gasteiger partial charge in [0.25, 0.3) is 5.91 Å². The van der Waals surface area contributed by atoms with E-state index in [0.29, 0.717) is 31.4 Å². The average molecular weight is 356 g/mol. The van der Waals surface area contributed by atoms with E-state index < -0.39 is 5.66 Å². The normalized spacial score (nSPS) is 25.6. The molecule has 3 amide bonds. The van der Waals surface area contributed by atoms with Crippen molar-refractivity contribution in [2.24, 2.45) is 0 Å². The van der Waals surface area contributed by atoms with Gasteiger partial charge in [0.2, 0.25) is 11.8 Å². The monoisotopic (exact) mass is 356 g/mol. The zero-order valence-corrected chi connectivity index (χ0v) is 14.7. The Morgan fingerprint density at radius 3 is 2.77 bits per heavy atom. The Bertz CT molecular complexity index is 746.